The number of ether oxygens (including phenoxy) is 1. The van der Waals surface area contributed by atoms with Crippen molar-refractivity contribution in [3.05, 3.63) is 63.4 Å². The highest BCUT2D eigenvalue weighted by atomic mass is 35.5. The van der Waals surface area contributed by atoms with Crippen molar-refractivity contribution >= 4 is 46.6 Å². The maximum absolute atomic E-state index is 12.2. The number of aromatic nitrogens is 3. The first-order chi connectivity index (χ1) is 13.8. The molecule has 0 atom stereocenters. The van der Waals surface area contributed by atoms with E-state index in [0.717, 1.165) is 11.3 Å². The Labute approximate surface area is 183 Å². The molecule has 0 aliphatic carbocycles. The lowest BCUT2D eigenvalue weighted by atomic mass is 10.1. The molecule has 3 aromatic rings. The minimum atomic E-state index is -0.213. The molecular weight excluding hydrogens is 431 g/mol. The molecule has 0 fully saturated rings. The van der Waals surface area contributed by atoms with Gasteiger partial charge in [-0.3, -0.25) is 4.79 Å². The largest absolute Gasteiger partial charge is 0.485 e. The Morgan fingerprint density at radius 1 is 1.17 bits per heavy atom. The summed E-state index contributed by atoms with van der Waals surface area (Å²) >= 11 is 13.3. The minimum Gasteiger partial charge on any atom is -0.485 e. The summed E-state index contributed by atoms with van der Waals surface area (Å²) in [4.78, 5) is 12.2. The van der Waals surface area contributed by atoms with Crippen molar-refractivity contribution in [3.63, 3.8) is 0 Å². The second-order valence-corrected chi connectivity index (χ2v) is 8.26. The molecule has 0 aliphatic heterocycles. The van der Waals surface area contributed by atoms with E-state index in [9.17, 15) is 4.79 Å². The van der Waals surface area contributed by atoms with Crippen LogP contribution < -0.4 is 10.1 Å². The Bertz CT molecular complexity index is 1040. The average molecular weight is 451 g/mol. The van der Waals surface area contributed by atoms with E-state index in [1.54, 1.807) is 18.2 Å². The van der Waals surface area contributed by atoms with Crippen molar-refractivity contribution in [2.24, 2.45) is 7.05 Å². The van der Waals surface area contributed by atoms with E-state index < -0.39 is 0 Å². The summed E-state index contributed by atoms with van der Waals surface area (Å²) in [7, 11) is 1.84. The number of carbonyl (C=O) groups is 1. The number of hydrogen-bond donors (Lipinski definition) is 1. The third kappa shape index (κ3) is 5.65. The number of amides is 1. The van der Waals surface area contributed by atoms with Gasteiger partial charge < -0.3 is 14.6 Å². The topological polar surface area (TPSA) is 69.0 Å². The minimum absolute atomic E-state index is 0.159. The molecular formula is C20H20Cl2N4O2S. The Morgan fingerprint density at radius 3 is 2.72 bits per heavy atom. The van der Waals surface area contributed by atoms with Gasteiger partial charge in [0.25, 0.3) is 0 Å². The Hall–Kier alpha value is -2.22. The fourth-order valence-electron chi connectivity index (χ4n) is 2.61. The first-order valence-corrected chi connectivity index (χ1v) is 10.5. The number of hydrogen-bond acceptors (Lipinski definition) is 5. The number of rotatable bonds is 7. The predicted molar refractivity (Wildman–Crippen MR) is 117 cm³/mol. The monoisotopic (exact) mass is 450 g/mol. The first kappa shape index (κ1) is 21.5. The first-order valence-electron chi connectivity index (χ1n) is 8.79. The summed E-state index contributed by atoms with van der Waals surface area (Å²) in [6, 6.07) is 10.9. The normalized spacial score (nSPS) is 10.8. The summed E-state index contributed by atoms with van der Waals surface area (Å²) in [5, 5.41) is 12.6. The maximum atomic E-state index is 12.2. The summed E-state index contributed by atoms with van der Waals surface area (Å²) in [6.45, 7) is 4.34. The molecule has 3 rings (SSSR count). The van der Waals surface area contributed by atoms with Crippen LogP contribution >= 0.6 is 35.0 Å². The number of nitrogens with one attached hydrogen (secondary N) is 1. The van der Waals surface area contributed by atoms with Gasteiger partial charge in [0.15, 0.2) is 11.0 Å². The summed E-state index contributed by atoms with van der Waals surface area (Å²) in [5.41, 5.74) is 2.73. The number of nitrogens with zero attached hydrogens (tertiary/aromatic N) is 3. The molecule has 0 aliphatic rings. The van der Waals surface area contributed by atoms with E-state index in [2.05, 4.69) is 21.6 Å². The van der Waals surface area contributed by atoms with Gasteiger partial charge in [0, 0.05) is 12.1 Å². The van der Waals surface area contributed by atoms with Gasteiger partial charge in [-0.15, -0.1) is 10.2 Å². The molecule has 29 heavy (non-hydrogen) atoms. The van der Waals surface area contributed by atoms with Crippen LogP contribution in [-0.4, -0.2) is 26.4 Å². The highest BCUT2D eigenvalue weighted by molar-refractivity contribution is 7.99. The van der Waals surface area contributed by atoms with E-state index >= 15 is 0 Å². The van der Waals surface area contributed by atoms with Crippen LogP contribution in [0, 0.1) is 13.8 Å². The van der Waals surface area contributed by atoms with E-state index in [1.165, 1.54) is 17.3 Å². The third-order valence-corrected chi connectivity index (χ3v) is 5.73. The van der Waals surface area contributed by atoms with Gasteiger partial charge >= 0.3 is 0 Å². The van der Waals surface area contributed by atoms with Gasteiger partial charge in [-0.2, -0.15) is 0 Å². The molecule has 9 heteroatoms. The van der Waals surface area contributed by atoms with E-state index in [-0.39, 0.29) is 18.3 Å². The van der Waals surface area contributed by atoms with Crippen LogP contribution in [0.25, 0.3) is 0 Å². The zero-order valence-corrected chi connectivity index (χ0v) is 18.5. The molecule has 152 valence electrons. The van der Waals surface area contributed by atoms with Gasteiger partial charge in [0.1, 0.15) is 12.4 Å². The average Bonchev–Trinajstić information content (AvgIpc) is 3.02. The molecule has 0 radical (unpaired) electrons. The highest BCUT2D eigenvalue weighted by Gasteiger charge is 2.13. The maximum Gasteiger partial charge on any atom is 0.234 e. The van der Waals surface area contributed by atoms with Crippen LogP contribution in [0.15, 0.2) is 41.6 Å². The number of aryl methyl sites for hydroxylation is 2. The van der Waals surface area contributed by atoms with Crippen molar-refractivity contribution < 1.29 is 9.53 Å². The smallest absolute Gasteiger partial charge is 0.234 e. The lowest BCUT2D eigenvalue weighted by Crippen LogP contribution is -2.15. The van der Waals surface area contributed by atoms with Gasteiger partial charge in [0.05, 0.1) is 16.5 Å². The van der Waals surface area contributed by atoms with E-state index in [1.807, 2.05) is 37.6 Å². The van der Waals surface area contributed by atoms with E-state index in [4.69, 9.17) is 27.9 Å². The van der Waals surface area contributed by atoms with Crippen LogP contribution in [0.3, 0.4) is 0 Å². The fourth-order valence-corrected chi connectivity index (χ4v) is 3.68. The number of carbonyl (C=O) groups excluding carboxylic acids is 1. The van der Waals surface area contributed by atoms with Crippen LogP contribution in [0.5, 0.6) is 5.75 Å². The molecule has 0 spiro atoms. The number of halogens is 2. The third-order valence-electron chi connectivity index (χ3n) is 4.15. The van der Waals surface area contributed by atoms with Crippen molar-refractivity contribution in [3.8, 4) is 5.75 Å². The van der Waals surface area contributed by atoms with Gasteiger partial charge in [-0.1, -0.05) is 52.7 Å². The van der Waals surface area contributed by atoms with Crippen LogP contribution in [-0.2, 0) is 18.4 Å². The lowest BCUT2D eigenvalue weighted by Gasteiger charge is -2.10. The quantitative estimate of drug-likeness (QED) is 0.510. The van der Waals surface area contributed by atoms with Crippen LogP contribution in [0.2, 0.25) is 10.0 Å². The zero-order chi connectivity index (χ0) is 21.0. The molecule has 6 nitrogen and oxygen atoms in total. The number of benzene rings is 2. The predicted octanol–water partition coefficient (Wildman–Crippen LogP) is 5.05. The molecule has 1 heterocycles. The second kappa shape index (κ2) is 9.52. The molecule has 1 amide bonds. The molecule has 0 bridgehead atoms. The Morgan fingerprint density at radius 2 is 1.97 bits per heavy atom. The molecule has 0 saturated heterocycles. The van der Waals surface area contributed by atoms with Crippen molar-refractivity contribution in [2.75, 3.05) is 11.1 Å². The van der Waals surface area contributed by atoms with Crippen LogP contribution in [0.1, 0.15) is 17.0 Å². The molecule has 2 aromatic carbocycles. The SMILES string of the molecule is Cc1ccc(OCc2nnc(SCC(=O)Nc3cc(Cl)ccc3Cl)n2C)c(C)c1. The summed E-state index contributed by atoms with van der Waals surface area (Å²) in [6.07, 6.45) is 0. The van der Waals surface area contributed by atoms with Gasteiger partial charge in [-0.05, 0) is 43.7 Å². The molecule has 1 N–H and O–H groups in total. The lowest BCUT2D eigenvalue weighted by molar-refractivity contribution is -0.113. The summed E-state index contributed by atoms with van der Waals surface area (Å²) in [5.74, 6) is 1.43. The second-order valence-electron chi connectivity index (χ2n) is 6.48. The molecule has 0 unspecified atom stereocenters. The molecule has 1 aromatic heterocycles. The fraction of sp³-hybridized carbons (Fsp3) is 0.250. The van der Waals surface area contributed by atoms with Crippen LogP contribution in [0.4, 0.5) is 5.69 Å². The van der Waals surface area contributed by atoms with E-state index in [0.29, 0.717) is 26.7 Å². The highest BCUT2D eigenvalue weighted by Crippen LogP contribution is 2.26. The number of anilines is 1. The standard InChI is InChI=1S/C20H20Cl2N4O2S/c1-12-4-7-17(13(2)8-12)28-10-18-24-25-20(26(18)3)29-11-19(27)23-16-9-14(21)5-6-15(16)22/h4-9H,10-11H2,1-3H3,(H,23,27). The number of thioether (sulfide) groups is 1. The molecule has 0 saturated carbocycles. The van der Waals surface area contributed by atoms with Gasteiger partial charge in [-0.25, -0.2) is 0 Å². The zero-order valence-electron chi connectivity index (χ0n) is 16.2. The van der Waals surface area contributed by atoms with Crippen molar-refractivity contribution in [2.45, 2.75) is 25.6 Å². The summed E-state index contributed by atoms with van der Waals surface area (Å²) < 4.78 is 7.68. The van der Waals surface area contributed by atoms with Crippen molar-refractivity contribution in [1.82, 2.24) is 14.8 Å². The Kier molecular flexibility index (Phi) is 7.05. The van der Waals surface area contributed by atoms with Gasteiger partial charge in [0.2, 0.25) is 5.91 Å². The Balaban J connectivity index is 1.56. The van der Waals surface area contributed by atoms with Crippen molar-refractivity contribution in [1.29, 1.82) is 0 Å².